The Morgan fingerprint density at radius 3 is 2.32 bits per heavy atom. The molecule has 1 N–H and O–H groups in total. The van der Waals surface area contributed by atoms with Crippen molar-refractivity contribution in [3.8, 4) is 0 Å². The second-order valence-corrected chi connectivity index (χ2v) is 7.04. The van der Waals surface area contributed by atoms with Gasteiger partial charge in [-0.1, -0.05) is 19.1 Å². The van der Waals surface area contributed by atoms with Crippen LogP contribution in [0.3, 0.4) is 0 Å². The molecule has 0 spiro atoms. The van der Waals surface area contributed by atoms with Crippen LogP contribution in [0.2, 0.25) is 0 Å². The van der Waals surface area contributed by atoms with Crippen LogP contribution in [0.1, 0.15) is 34.8 Å². The number of amides is 2. The largest absolute Gasteiger partial charge is 0.326 e. The summed E-state index contributed by atoms with van der Waals surface area (Å²) < 4.78 is 0. The number of hydrogen-bond acceptors (Lipinski definition) is 2. The van der Waals surface area contributed by atoms with Gasteiger partial charge in [0.25, 0.3) is 5.91 Å². The molecule has 1 fully saturated rings. The van der Waals surface area contributed by atoms with E-state index >= 15 is 0 Å². The molecule has 2 aromatic rings. The third-order valence-corrected chi connectivity index (χ3v) is 4.88. The highest BCUT2D eigenvalue weighted by atomic mass is 16.2. The first-order valence-electron chi connectivity index (χ1n) is 8.63. The Bertz CT molecular complexity index is 811. The van der Waals surface area contributed by atoms with Gasteiger partial charge in [-0.15, -0.1) is 0 Å². The van der Waals surface area contributed by atoms with Crippen molar-refractivity contribution in [1.29, 1.82) is 0 Å². The fraction of sp³-hybridized carbons (Fsp3) is 0.333. The molecule has 2 amide bonds. The van der Waals surface area contributed by atoms with E-state index in [1.54, 1.807) is 36.2 Å². The first kappa shape index (κ1) is 17.2. The third-order valence-electron chi connectivity index (χ3n) is 4.88. The lowest BCUT2D eigenvalue weighted by molar-refractivity contribution is -0.117. The van der Waals surface area contributed by atoms with E-state index in [1.165, 1.54) is 0 Å². The van der Waals surface area contributed by atoms with E-state index < -0.39 is 0 Å². The van der Waals surface area contributed by atoms with Crippen molar-refractivity contribution in [3.05, 3.63) is 59.2 Å². The van der Waals surface area contributed by atoms with Gasteiger partial charge in [0.1, 0.15) is 0 Å². The fourth-order valence-corrected chi connectivity index (χ4v) is 3.00. The first-order valence-corrected chi connectivity index (χ1v) is 8.63. The van der Waals surface area contributed by atoms with E-state index in [4.69, 9.17) is 0 Å². The van der Waals surface area contributed by atoms with Crippen LogP contribution in [0.4, 0.5) is 11.4 Å². The number of benzene rings is 2. The molecule has 0 heterocycles. The van der Waals surface area contributed by atoms with Gasteiger partial charge >= 0.3 is 0 Å². The van der Waals surface area contributed by atoms with Gasteiger partial charge in [-0.05, 0) is 67.6 Å². The zero-order chi connectivity index (χ0) is 18.1. The second kappa shape index (κ2) is 6.71. The van der Waals surface area contributed by atoms with Crippen LogP contribution in [-0.4, -0.2) is 18.9 Å². The van der Waals surface area contributed by atoms with Gasteiger partial charge < -0.3 is 10.2 Å². The summed E-state index contributed by atoms with van der Waals surface area (Å²) in [6, 6.07) is 13.2. The average molecular weight is 336 g/mol. The maximum Gasteiger partial charge on any atom is 0.258 e. The number of rotatable bonds is 4. The Hall–Kier alpha value is -2.62. The van der Waals surface area contributed by atoms with Gasteiger partial charge in [0, 0.05) is 29.9 Å². The topological polar surface area (TPSA) is 49.4 Å². The van der Waals surface area contributed by atoms with E-state index in [-0.39, 0.29) is 17.7 Å². The lowest BCUT2D eigenvalue weighted by atomic mass is 10.1. The van der Waals surface area contributed by atoms with Crippen LogP contribution >= 0.6 is 0 Å². The normalized spacial score (nSPS) is 18.6. The van der Waals surface area contributed by atoms with E-state index in [0.29, 0.717) is 11.5 Å². The van der Waals surface area contributed by atoms with E-state index in [9.17, 15) is 9.59 Å². The van der Waals surface area contributed by atoms with Crippen LogP contribution < -0.4 is 10.2 Å². The Labute approximate surface area is 148 Å². The minimum absolute atomic E-state index is 0.0672. The molecule has 0 unspecified atom stereocenters. The molecule has 4 nitrogen and oxygen atoms in total. The molecule has 4 heteroatoms. The van der Waals surface area contributed by atoms with Crippen molar-refractivity contribution in [3.63, 3.8) is 0 Å². The molecule has 0 bridgehead atoms. The molecule has 3 rings (SSSR count). The molecular weight excluding hydrogens is 312 g/mol. The van der Waals surface area contributed by atoms with Crippen LogP contribution in [0, 0.1) is 25.7 Å². The summed E-state index contributed by atoms with van der Waals surface area (Å²) in [6.07, 6.45) is 0.961. The van der Waals surface area contributed by atoms with Gasteiger partial charge in [-0.2, -0.15) is 0 Å². The summed E-state index contributed by atoms with van der Waals surface area (Å²) in [7, 11) is 1.79. The third kappa shape index (κ3) is 3.73. The molecule has 1 aliphatic rings. The molecule has 1 aliphatic carbocycles. The Balaban J connectivity index is 1.71. The highest BCUT2D eigenvalue weighted by molar-refractivity contribution is 6.06. The van der Waals surface area contributed by atoms with Crippen LogP contribution in [0.25, 0.3) is 0 Å². The number of hydrogen-bond donors (Lipinski definition) is 1. The molecule has 0 aliphatic heterocycles. The van der Waals surface area contributed by atoms with Crippen molar-refractivity contribution < 1.29 is 9.59 Å². The molecule has 130 valence electrons. The van der Waals surface area contributed by atoms with Gasteiger partial charge in [-0.25, -0.2) is 0 Å². The van der Waals surface area contributed by atoms with Crippen LogP contribution in [0.5, 0.6) is 0 Å². The quantitative estimate of drug-likeness (QED) is 0.911. The van der Waals surface area contributed by atoms with Crippen molar-refractivity contribution in [2.45, 2.75) is 27.2 Å². The van der Waals surface area contributed by atoms with Gasteiger partial charge in [-0.3, -0.25) is 9.59 Å². The summed E-state index contributed by atoms with van der Waals surface area (Å²) in [5.41, 5.74) is 4.41. The maximum atomic E-state index is 12.7. The number of nitrogens with zero attached hydrogens (tertiary/aromatic N) is 1. The summed E-state index contributed by atoms with van der Waals surface area (Å²) in [6.45, 7) is 6.09. The molecule has 0 aromatic heterocycles. The van der Waals surface area contributed by atoms with Crippen molar-refractivity contribution in [2.24, 2.45) is 11.8 Å². The molecule has 1 saturated carbocycles. The summed E-state index contributed by atoms with van der Waals surface area (Å²) in [5, 5.41) is 2.91. The Morgan fingerprint density at radius 2 is 1.72 bits per heavy atom. The predicted octanol–water partition coefficient (Wildman–Crippen LogP) is 4.17. The summed E-state index contributed by atoms with van der Waals surface area (Å²) >= 11 is 0. The highest BCUT2D eigenvalue weighted by Gasteiger charge is 2.39. The van der Waals surface area contributed by atoms with Crippen LogP contribution in [0.15, 0.2) is 42.5 Å². The highest BCUT2D eigenvalue weighted by Crippen LogP contribution is 2.38. The number of carbonyl (C=O) groups is 2. The monoisotopic (exact) mass is 336 g/mol. The molecule has 0 radical (unpaired) electrons. The minimum atomic E-state index is -0.0672. The smallest absolute Gasteiger partial charge is 0.258 e. The van der Waals surface area contributed by atoms with E-state index in [1.807, 2.05) is 32.0 Å². The van der Waals surface area contributed by atoms with Crippen molar-refractivity contribution in [1.82, 2.24) is 0 Å². The summed E-state index contributed by atoms with van der Waals surface area (Å²) in [4.78, 5) is 26.4. The Kier molecular flexibility index (Phi) is 4.62. The minimum Gasteiger partial charge on any atom is -0.326 e. The number of carbonyl (C=O) groups excluding carboxylic acids is 2. The molecule has 2 aromatic carbocycles. The lowest BCUT2D eigenvalue weighted by Gasteiger charge is -2.20. The van der Waals surface area contributed by atoms with Gasteiger partial charge in [0.2, 0.25) is 5.91 Å². The van der Waals surface area contributed by atoms with Crippen molar-refractivity contribution >= 4 is 23.2 Å². The molecule has 0 saturated heterocycles. The standard InChI is InChI=1S/C21H24N2O2/c1-13-5-6-14(2)19(11-13)23(4)21(25)16-7-9-17(10-8-16)22-20(24)18-12-15(18)3/h5-11,15,18H,12H2,1-4H3,(H,22,24)/t15-,18-/m1/s1. The fourth-order valence-electron chi connectivity index (χ4n) is 3.00. The number of aryl methyl sites for hydroxylation is 2. The molecular formula is C21H24N2O2. The predicted molar refractivity (Wildman–Crippen MR) is 101 cm³/mol. The van der Waals surface area contributed by atoms with Crippen molar-refractivity contribution in [2.75, 3.05) is 17.3 Å². The van der Waals surface area contributed by atoms with E-state index in [0.717, 1.165) is 28.9 Å². The average Bonchev–Trinajstić information content (AvgIpc) is 3.33. The van der Waals surface area contributed by atoms with Gasteiger partial charge in [0.15, 0.2) is 0 Å². The number of nitrogens with one attached hydrogen (secondary N) is 1. The summed E-state index contributed by atoms with van der Waals surface area (Å²) in [5.74, 6) is 0.616. The molecule has 25 heavy (non-hydrogen) atoms. The number of anilines is 2. The van der Waals surface area contributed by atoms with Crippen LogP contribution in [-0.2, 0) is 4.79 Å². The van der Waals surface area contributed by atoms with E-state index in [2.05, 4.69) is 12.2 Å². The SMILES string of the molecule is Cc1ccc(C)c(N(C)C(=O)c2ccc(NC(=O)[C@@H]3C[C@H]3C)cc2)c1. The Morgan fingerprint density at radius 1 is 1.08 bits per heavy atom. The first-order chi connectivity index (χ1) is 11.9. The second-order valence-electron chi connectivity index (χ2n) is 7.04. The van der Waals surface area contributed by atoms with Gasteiger partial charge in [0.05, 0.1) is 0 Å². The maximum absolute atomic E-state index is 12.7. The molecule has 2 atom stereocenters. The zero-order valence-electron chi connectivity index (χ0n) is 15.2. The lowest BCUT2D eigenvalue weighted by Crippen LogP contribution is -2.27. The zero-order valence-corrected chi connectivity index (χ0v) is 15.2.